The van der Waals surface area contributed by atoms with Crippen LogP contribution in [-0.4, -0.2) is 29.7 Å². The topological polar surface area (TPSA) is 47.0 Å². The van der Waals surface area contributed by atoms with Crippen molar-refractivity contribution in [2.24, 2.45) is 5.92 Å². The number of ether oxygens (including phenoxy) is 1. The second-order valence-electron chi connectivity index (χ2n) is 4.88. The number of aryl methyl sites for hydroxylation is 1. The predicted molar refractivity (Wildman–Crippen MR) is 79.2 cm³/mol. The predicted octanol–water partition coefficient (Wildman–Crippen LogP) is 3.49. The Labute approximate surface area is 121 Å². The highest BCUT2D eigenvalue weighted by atomic mass is 35.5. The van der Waals surface area contributed by atoms with Gasteiger partial charge in [-0.2, -0.15) is 0 Å². The largest absolute Gasteiger partial charge is 0.381 e. The van der Waals surface area contributed by atoms with E-state index in [9.17, 15) is 0 Å². The number of hydrogen-bond acceptors (Lipinski definition) is 5. The van der Waals surface area contributed by atoms with Crippen LogP contribution in [-0.2, 0) is 4.74 Å². The second kappa shape index (κ2) is 5.61. The monoisotopic (exact) mass is 297 g/mol. The van der Waals surface area contributed by atoms with Crippen molar-refractivity contribution in [2.45, 2.75) is 19.8 Å². The summed E-state index contributed by atoms with van der Waals surface area (Å²) in [7, 11) is 0. The fourth-order valence-electron chi connectivity index (χ4n) is 2.36. The van der Waals surface area contributed by atoms with Gasteiger partial charge in [0.1, 0.15) is 10.6 Å². The van der Waals surface area contributed by atoms with Crippen LogP contribution in [0.3, 0.4) is 0 Å². The number of rotatable bonds is 3. The maximum atomic E-state index is 5.97. The van der Waals surface area contributed by atoms with Crippen molar-refractivity contribution in [2.75, 3.05) is 25.1 Å². The number of fused-ring (bicyclic) bond motifs is 1. The lowest BCUT2D eigenvalue weighted by molar-refractivity contribution is 0.0595. The van der Waals surface area contributed by atoms with Crippen LogP contribution >= 0.6 is 22.9 Å². The summed E-state index contributed by atoms with van der Waals surface area (Å²) in [5, 5.41) is 4.76. The SMILES string of the molecule is Cc1cc2c(NCC3CCCOC3)nc(Cl)nc2s1. The minimum atomic E-state index is 0.303. The summed E-state index contributed by atoms with van der Waals surface area (Å²) >= 11 is 7.62. The highest BCUT2D eigenvalue weighted by Crippen LogP contribution is 2.29. The van der Waals surface area contributed by atoms with Crippen molar-refractivity contribution in [1.29, 1.82) is 0 Å². The molecule has 3 heterocycles. The van der Waals surface area contributed by atoms with E-state index in [4.69, 9.17) is 16.3 Å². The van der Waals surface area contributed by atoms with Gasteiger partial charge in [-0.1, -0.05) is 0 Å². The third-order valence-electron chi connectivity index (χ3n) is 3.30. The number of nitrogens with zero attached hydrogens (tertiary/aromatic N) is 2. The first kappa shape index (κ1) is 13.1. The molecule has 3 rings (SSSR count). The first-order chi connectivity index (χ1) is 9.22. The Hall–Kier alpha value is -0.910. The number of anilines is 1. The van der Waals surface area contributed by atoms with Crippen LogP contribution in [0.5, 0.6) is 0 Å². The van der Waals surface area contributed by atoms with E-state index in [1.54, 1.807) is 11.3 Å². The standard InChI is InChI=1S/C13H16ClN3OS/c1-8-5-10-11(16-13(14)17-12(10)19-8)15-6-9-3-2-4-18-7-9/h5,9H,2-4,6-7H2,1H3,(H,15,16,17). The zero-order valence-corrected chi connectivity index (χ0v) is 12.4. The molecule has 1 aliphatic heterocycles. The van der Waals surface area contributed by atoms with Crippen LogP contribution in [0.2, 0.25) is 5.28 Å². The molecule has 0 bridgehead atoms. The zero-order chi connectivity index (χ0) is 13.2. The molecule has 0 spiro atoms. The quantitative estimate of drug-likeness (QED) is 0.881. The first-order valence-corrected chi connectivity index (χ1v) is 7.67. The Bertz CT molecular complexity index is 581. The van der Waals surface area contributed by atoms with Gasteiger partial charge in [0.05, 0.1) is 12.0 Å². The minimum absolute atomic E-state index is 0.303. The molecule has 102 valence electrons. The molecular weight excluding hydrogens is 282 g/mol. The summed E-state index contributed by atoms with van der Waals surface area (Å²) in [6.45, 7) is 4.66. The van der Waals surface area contributed by atoms with Crippen molar-refractivity contribution in [3.63, 3.8) is 0 Å². The van der Waals surface area contributed by atoms with E-state index in [0.717, 1.165) is 42.2 Å². The molecule has 1 fully saturated rings. The Morgan fingerprint density at radius 2 is 2.42 bits per heavy atom. The van der Waals surface area contributed by atoms with Crippen molar-refractivity contribution in [1.82, 2.24) is 9.97 Å². The molecule has 0 radical (unpaired) electrons. The Kier molecular flexibility index (Phi) is 3.86. The van der Waals surface area contributed by atoms with Gasteiger partial charge in [0, 0.05) is 18.0 Å². The van der Waals surface area contributed by atoms with Gasteiger partial charge in [-0.25, -0.2) is 9.97 Å². The third-order valence-corrected chi connectivity index (χ3v) is 4.41. The molecule has 0 saturated carbocycles. The lowest BCUT2D eigenvalue weighted by Gasteiger charge is -2.22. The Morgan fingerprint density at radius 3 is 3.21 bits per heavy atom. The van der Waals surface area contributed by atoms with E-state index in [-0.39, 0.29) is 0 Å². The summed E-state index contributed by atoms with van der Waals surface area (Å²) in [5.41, 5.74) is 0. The van der Waals surface area contributed by atoms with E-state index in [1.165, 1.54) is 11.3 Å². The van der Waals surface area contributed by atoms with Crippen LogP contribution in [0, 0.1) is 12.8 Å². The van der Waals surface area contributed by atoms with Gasteiger partial charge in [0.15, 0.2) is 0 Å². The second-order valence-corrected chi connectivity index (χ2v) is 6.45. The average Bonchev–Trinajstić information content (AvgIpc) is 2.77. The summed E-state index contributed by atoms with van der Waals surface area (Å²) in [4.78, 5) is 10.7. The fraction of sp³-hybridized carbons (Fsp3) is 0.538. The fourth-order valence-corrected chi connectivity index (χ4v) is 3.46. The number of nitrogens with one attached hydrogen (secondary N) is 1. The summed E-state index contributed by atoms with van der Waals surface area (Å²) in [6, 6.07) is 2.11. The minimum Gasteiger partial charge on any atom is -0.381 e. The zero-order valence-electron chi connectivity index (χ0n) is 10.8. The van der Waals surface area contributed by atoms with Crippen molar-refractivity contribution < 1.29 is 4.74 Å². The first-order valence-electron chi connectivity index (χ1n) is 6.47. The van der Waals surface area contributed by atoms with Crippen LogP contribution in [0.15, 0.2) is 6.07 Å². The third kappa shape index (κ3) is 2.99. The number of hydrogen-bond donors (Lipinski definition) is 1. The molecule has 0 aromatic carbocycles. The Balaban J connectivity index is 1.79. The maximum Gasteiger partial charge on any atom is 0.225 e. The molecule has 1 atom stereocenters. The molecule has 0 aliphatic carbocycles. The van der Waals surface area contributed by atoms with Crippen molar-refractivity contribution >= 4 is 39.0 Å². The summed E-state index contributed by atoms with van der Waals surface area (Å²) in [5.74, 6) is 1.39. The van der Waals surface area contributed by atoms with Crippen molar-refractivity contribution in [3.8, 4) is 0 Å². The van der Waals surface area contributed by atoms with Gasteiger partial charge in [-0.3, -0.25) is 0 Å². The van der Waals surface area contributed by atoms with Crippen LogP contribution in [0.1, 0.15) is 17.7 Å². The molecule has 19 heavy (non-hydrogen) atoms. The van der Waals surface area contributed by atoms with E-state index < -0.39 is 0 Å². The van der Waals surface area contributed by atoms with Gasteiger partial charge in [0.2, 0.25) is 5.28 Å². The van der Waals surface area contributed by atoms with Crippen LogP contribution < -0.4 is 5.32 Å². The molecule has 2 aromatic rings. The summed E-state index contributed by atoms with van der Waals surface area (Å²) < 4.78 is 5.49. The van der Waals surface area contributed by atoms with E-state index in [0.29, 0.717) is 11.2 Å². The smallest absolute Gasteiger partial charge is 0.225 e. The van der Waals surface area contributed by atoms with Crippen molar-refractivity contribution in [3.05, 3.63) is 16.2 Å². The molecule has 4 nitrogen and oxygen atoms in total. The normalized spacial score (nSPS) is 19.8. The number of halogens is 1. The highest BCUT2D eigenvalue weighted by molar-refractivity contribution is 7.18. The van der Waals surface area contributed by atoms with E-state index >= 15 is 0 Å². The van der Waals surface area contributed by atoms with Gasteiger partial charge in [-0.15, -0.1) is 11.3 Å². The lowest BCUT2D eigenvalue weighted by atomic mass is 10.0. The van der Waals surface area contributed by atoms with Crippen LogP contribution in [0.4, 0.5) is 5.82 Å². The molecule has 6 heteroatoms. The number of thiophene rings is 1. The van der Waals surface area contributed by atoms with Gasteiger partial charge in [0.25, 0.3) is 0 Å². The van der Waals surface area contributed by atoms with E-state index in [1.807, 2.05) is 0 Å². The van der Waals surface area contributed by atoms with Gasteiger partial charge in [-0.05, 0) is 43.4 Å². The number of aromatic nitrogens is 2. The maximum absolute atomic E-state index is 5.97. The lowest BCUT2D eigenvalue weighted by Crippen LogP contribution is -2.24. The molecule has 0 amide bonds. The molecule has 1 aliphatic rings. The van der Waals surface area contributed by atoms with E-state index in [2.05, 4.69) is 28.3 Å². The molecule has 1 saturated heterocycles. The molecular formula is C13H16ClN3OS. The highest BCUT2D eigenvalue weighted by Gasteiger charge is 2.15. The van der Waals surface area contributed by atoms with Crippen LogP contribution in [0.25, 0.3) is 10.2 Å². The van der Waals surface area contributed by atoms with Gasteiger partial charge >= 0.3 is 0 Å². The summed E-state index contributed by atoms with van der Waals surface area (Å²) in [6.07, 6.45) is 2.35. The molecule has 2 aromatic heterocycles. The Morgan fingerprint density at radius 1 is 1.53 bits per heavy atom. The van der Waals surface area contributed by atoms with Gasteiger partial charge < -0.3 is 10.1 Å². The average molecular weight is 298 g/mol. The molecule has 1 N–H and O–H groups in total. The molecule has 1 unspecified atom stereocenters.